The van der Waals surface area contributed by atoms with Crippen LogP contribution in [0.1, 0.15) is 36.0 Å². The number of piperidine rings is 1. The van der Waals surface area contributed by atoms with E-state index in [0.29, 0.717) is 17.7 Å². The van der Waals surface area contributed by atoms with Gasteiger partial charge in [0.05, 0.1) is 17.3 Å². The molecule has 1 aliphatic heterocycles. The van der Waals surface area contributed by atoms with Gasteiger partial charge in [-0.25, -0.2) is 0 Å². The SMILES string of the molecule is CSCC[C@H](N)C(=O)Nc1ccc(C(N)=O)c(N2CCCCC2)c1.Cl. The summed E-state index contributed by atoms with van der Waals surface area (Å²) in [4.78, 5) is 26.0. The van der Waals surface area contributed by atoms with Gasteiger partial charge in [0.1, 0.15) is 0 Å². The van der Waals surface area contributed by atoms with Crippen LogP contribution in [0.4, 0.5) is 11.4 Å². The Morgan fingerprint density at radius 3 is 2.56 bits per heavy atom. The first-order chi connectivity index (χ1) is 11.5. The van der Waals surface area contributed by atoms with E-state index in [1.807, 2.05) is 12.3 Å². The lowest BCUT2D eigenvalue weighted by Crippen LogP contribution is -2.36. The van der Waals surface area contributed by atoms with Crippen molar-refractivity contribution in [3.8, 4) is 0 Å². The normalized spacial score (nSPS) is 15.2. The minimum atomic E-state index is -0.535. The number of anilines is 2. The summed E-state index contributed by atoms with van der Waals surface area (Å²) in [7, 11) is 0. The quantitative estimate of drug-likeness (QED) is 0.666. The fraction of sp³-hybridized carbons (Fsp3) is 0.529. The predicted octanol–water partition coefficient (Wildman–Crippen LogP) is 2.22. The number of hydrogen-bond donors (Lipinski definition) is 3. The van der Waals surface area contributed by atoms with Gasteiger partial charge in [-0.2, -0.15) is 11.8 Å². The zero-order chi connectivity index (χ0) is 17.5. The lowest BCUT2D eigenvalue weighted by molar-refractivity contribution is -0.117. The highest BCUT2D eigenvalue weighted by Gasteiger charge is 2.19. The minimum absolute atomic E-state index is 0. The molecule has 1 saturated heterocycles. The molecule has 0 unspecified atom stereocenters. The summed E-state index contributed by atoms with van der Waals surface area (Å²) in [6.45, 7) is 1.79. The fourth-order valence-corrected chi connectivity index (χ4v) is 3.31. The van der Waals surface area contributed by atoms with Gasteiger partial charge in [0.25, 0.3) is 5.91 Å². The highest BCUT2D eigenvalue weighted by Crippen LogP contribution is 2.27. The number of hydrogen-bond acceptors (Lipinski definition) is 5. The van der Waals surface area contributed by atoms with Crippen molar-refractivity contribution < 1.29 is 9.59 Å². The Morgan fingerprint density at radius 2 is 1.96 bits per heavy atom. The molecule has 2 amide bonds. The molecule has 0 spiro atoms. The van der Waals surface area contributed by atoms with E-state index >= 15 is 0 Å². The molecule has 1 fully saturated rings. The number of nitrogens with two attached hydrogens (primary N) is 2. The van der Waals surface area contributed by atoms with Gasteiger partial charge in [0.15, 0.2) is 0 Å². The first-order valence-electron chi connectivity index (χ1n) is 8.27. The average Bonchev–Trinajstić information content (AvgIpc) is 2.60. The van der Waals surface area contributed by atoms with E-state index in [1.165, 1.54) is 6.42 Å². The van der Waals surface area contributed by atoms with Gasteiger partial charge in [0, 0.05) is 18.8 Å². The Balaban J connectivity index is 0.00000312. The van der Waals surface area contributed by atoms with Crippen molar-refractivity contribution in [1.82, 2.24) is 0 Å². The van der Waals surface area contributed by atoms with Crippen LogP contribution in [-0.4, -0.2) is 43.0 Å². The molecule has 0 bridgehead atoms. The van der Waals surface area contributed by atoms with Crippen molar-refractivity contribution in [3.05, 3.63) is 23.8 Å². The van der Waals surface area contributed by atoms with Crippen LogP contribution in [0.5, 0.6) is 0 Å². The maximum absolute atomic E-state index is 12.2. The largest absolute Gasteiger partial charge is 0.371 e. The highest BCUT2D eigenvalue weighted by atomic mass is 35.5. The third kappa shape index (κ3) is 6.09. The number of primary amides is 1. The Labute approximate surface area is 159 Å². The lowest BCUT2D eigenvalue weighted by Gasteiger charge is -2.30. The summed E-state index contributed by atoms with van der Waals surface area (Å²) in [5.74, 6) is 0.180. The topological polar surface area (TPSA) is 101 Å². The third-order valence-electron chi connectivity index (χ3n) is 4.20. The fourth-order valence-electron chi connectivity index (χ4n) is 2.83. The molecule has 0 aromatic heterocycles. The maximum Gasteiger partial charge on any atom is 0.250 e. The van der Waals surface area contributed by atoms with Gasteiger partial charge >= 0.3 is 0 Å². The van der Waals surface area contributed by atoms with Crippen molar-refractivity contribution in [2.75, 3.05) is 35.3 Å². The molecule has 2 rings (SSSR count). The minimum Gasteiger partial charge on any atom is -0.371 e. The molecule has 5 N–H and O–H groups in total. The molecular weight excluding hydrogens is 360 g/mol. The number of nitrogens with one attached hydrogen (secondary N) is 1. The number of carbonyl (C=O) groups excluding carboxylic acids is 2. The number of thioether (sulfide) groups is 1. The smallest absolute Gasteiger partial charge is 0.250 e. The molecule has 8 heteroatoms. The van der Waals surface area contributed by atoms with Gasteiger partial charge in [0.2, 0.25) is 5.91 Å². The monoisotopic (exact) mass is 386 g/mol. The van der Waals surface area contributed by atoms with Crippen LogP contribution in [0.3, 0.4) is 0 Å². The summed E-state index contributed by atoms with van der Waals surface area (Å²) in [6, 6.07) is 4.67. The van der Waals surface area contributed by atoms with E-state index in [1.54, 1.807) is 23.9 Å². The Kier molecular flexibility index (Phi) is 9.10. The summed E-state index contributed by atoms with van der Waals surface area (Å²) in [5.41, 5.74) is 13.3. The first kappa shape index (κ1) is 21.6. The molecule has 1 atom stereocenters. The number of amides is 2. The second-order valence-corrected chi connectivity index (χ2v) is 7.01. The number of nitrogens with zero attached hydrogens (tertiary/aromatic N) is 1. The van der Waals surface area contributed by atoms with Crippen molar-refractivity contribution in [1.29, 1.82) is 0 Å². The van der Waals surface area contributed by atoms with Gasteiger partial charge in [-0.05, 0) is 55.9 Å². The second-order valence-electron chi connectivity index (χ2n) is 6.02. The zero-order valence-electron chi connectivity index (χ0n) is 14.5. The van der Waals surface area contributed by atoms with E-state index < -0.39 is 11.9 Å². The van der Waals surface area contributed by atoms with Gasteiger partial charge in [-0.15, -0.1) is 12.4 Å². The van der Waals surface area contributed by atoms with E-state index in [0.717, 1.165) is 37.4 Å². The van der Waals surface area contributed by atoms with Crippen molar-refractivity contribution in [3.63, 3.8) is 0 Å². The summed E-state index contributed by atoms with van der Waals surface area (Å²) < 4.78 is 0. The number of carbonyl (C=O) groups is 2. The van der Waals surface area contributed by atoms with Crippen LogP contribution in [0.15, 0.2) is 18.2 Å². The molecule has 140 valence electrons. The van der Waals surface area contributed by atoms with Gasteiger partial charge in [-0.1, -0.05) is 0 Å². The van der Waals surface area contributed by atoms with E-state index in [2.05, 4.69) is 10.2 Å². The van der Waals surface area contributed by atoms with Crippen LogP contribution in [0.2, 0.25) is 0 Å². The van der Waals surface area contributed by atoms with Gasteiger partial charge in [-0.3, -0.25) is 9.59 Å². The van der Waals surface area contributed by atoms with Crippen molar-refractivity contribution in [2.24, 2.45) is 11.5 Å². The van der Waals surface area contributed by atoms with E-state index in [9.17, 15) is 9.59 Å². The van der Waals surface area contributed by atoms with Crippen molar-refractivity contribution in [2.45, 2.75) is 31.7 Å². The Bertz CT molecular complexity index is 594. The molecular formula is C17H27ClN4O2S. The molecule has 0 radical (unpaired) electrons. The molecule has 0 saturated carbocycles. The van der Waals surface area contributed by atoms with Crippen LogP contribution < -0.4 is 21.7 Å². The van der Waals surface area contributed by atoms with Gasteiger partial charge < -0.3 is 21.7 Å². The highest BCUT2D eigenvalue weighted by molar-refractivity contribution is 7.98. The molecule has 1 aromatic carbocycles. The maximum atomic E-state index is 12.2. The van der Waals surface area contributed by atoms with Crippen LogP contribution in [-0.2, 0) is 4.79 Å². The third-order valence-corrected chi connectivity index (χ3v) is 4.84. The standard InChI is InChI=1S/C17H26N4O2S.ClH/c1-24-10-7-14(18)17(23)20-12-5-6-13(16(19)22)15(11-12)21-8-3-2-4-9-21;/h5-6,11,14H,2-4,7-10,18H2,1H3,(H2,19,22)(H,20,23);1H/t14-;/m0./s1. The second kappa shape index (κ2) is 10.5. The van der Waals surface area contributed by atoms with Crippen LogP contribution in [0.25, 0.3) is 0 Å². The summed E-state index contributed by atoms with van der Waals surface area (Å²) >= 11 is 1.66. The van der Waals surface area contributed by atoms with Crippen molar-refractivity contribution >= 4 is 47.4 Å². The Morgan fingerprint density at radius 1 is 1.28 bits per heavy atom. The number of halogens is 1. The first-order valence-corrected chi connectivity index (χ1v) is 9.66. The molecule has 25 heavy (non-hydrogen) atoms. The zero-order valence-corrected chi connectivity index (χ0v) is 16.1. The molecule has 0 aliphatic carbocycles. The molecule has 1 aromatic rings. The molecule has 1 aliphatic rings. The average molecular weight is 387 g/mol. The number of rotatable bonds is 7. The summed E-state index contributed by atoms with van der Waals surface area (Å²) in [6.07, 6.45) is 6.00. The van der Waals surface area contributed by atoms with Crippen LogP contribution >= 0.6 is 24.2 Å². The van der Waals surface area contributed by atoms with E-state index in [4.69, 9.17) is 11.5 Å². The van der Waals surface area contributed by atoms with E-state index in [-0.39, 0.29) is 18.3 Å². The predicted molar refractivity (Wildman–Crippen MR) is 108 cm³/mol. The van der Waals surface area contributed by atoms with Crippen LogP contribution in [0, 0.1) is 0 Å². The summed E-state index contributed by atoms with van der Waals surface area (Å²) in [5, 5.41) is 2.84. The lowest BCUT2D eigenvalue weighted by atomic mass is 10.1. The number of benzene rings is 1. The molecule has 1 heterocycles. The Hall–Kier alpha value is -1.44. The molecule has 6 nitrogen and oxygen atoms in total.